The Bertz CT molecular complexity index is 831. The summed E-state index contributed by atoms with van der Waals surface area (Å²) in [6.45, 7) is 7.66. The highest BCUT2D eigenvalue weighted by atomic mass is 16.6. The van der Waals surface area contributed by atoms with Crippen molar-refractivity contribution in [3.05, 3.63) is 30.0 Å². The molecular weight excluding hydrogens is 346 g/mol. The quantitative estimate of drug-likeness (QED) is 0.693. The number of para-hydroxylation sites is 1. The maximum absolute atomic E-state index is 11.9. The number of carbonyl (C=O) groups is 2. The van der Waals surface area contributed by atoms with Crippen LogP contribution in [0.25, 0.3) is 10.9 Å². The number of hydrogen-bond acceptors (Lipinski definition) is 5. The van der Waals surface area contributed by atoms with Crippen molar-refractivity contribution < 1.29 is 19.1 Å². The number of amides is 1. The van der Waals surface area contributed by atoms with Gasteiger partial charge in [-0.15, -0.1) is 0 Å². The molecule has 1 aliphatic rings. The van der Waals surface area contributed by atoms with Gasteiger partial charge in [-0.25, -0.2) is 9.59 Å². The molecule has 0 saturated heterocycles. The summed E-state index contributed by atoms with van der Waals surface area (Å²) in [6, 6.07) is 8.03. The highest BCUT2D eigenvalue weighted by molar-refractivity contribution is 5.99. The van der Waals surface area contributed by atoms with E-state index >= 15 is 0 Å². The summed E-state index contributed by atoms with van der Waals surface area (Å²) < 4.78 is 10.3. The van der Waals surface area contributed by atoms with Crippen LogP contribution in [-0.2, 0) is 9.47 Å². The van der Waals surface area contributed by atoms with Crippen molar-refractivity contribution >= 4 is 28.7 Å². The highest BCUT2D eigenvalue weighted by Gasteiger charge is 2.32. The number of alkyl carbamates (subject to hydrolysis) is 1. The molecule has 0 unspecified atom stereocenters. The second kappa shape index (κ2) is 7.50. The minimum Gasteiger partial charge on any atom is -0.461 e. The van der Waals surface area contributed by atoms with E-state index in [4.69, 9.17) is 9.47 Å². The van der Waals surface area contributed by atoms with Gasteiger partial charge in [-0.05, 0) is 52.7 Å². The molecule has 0 radical (unpaired) electrons. The number of ether oxygens (including phenoxy) is 2. The molecule has 3 rings (SSSR count). The van der Waals surface area contributed by atoms with Crippen molar-refractivity contribution in [1.82, 2.24) is 10.3 Å². The van der Waals surface area contributed by atoms with Crippen molar-refractivity contribution in [2.45, 2.75) is 58.2 Å². The van der Waals surface area contributed by atoms with Gasteiger partial charge < -0.3 is 25.1 Å². The SMILES string of the molecule is CCOC(=O)c1cc2cccc(NC3CC(NC(=O)OC(C)(C)C)C3)c2[nH]1. The zero-order valence-corrected chi connectivity index (χ0v) is 16.2. The van der Waals surface area contributed by atoms with Gasteiger partial charge >= 0.3 is 12.1 Å². The lowest BCUT2D eigenvalue weighted by Gasteiger charge is -2.37. The predicted molar refractivity (Wildman–Crippen MR) is 104 cm³/mol. The fraction of sp³-hybridized carbons (Fsp3) is 0.500. The Labute approximate surface area is 158 Å². The van der Waals surface area contributed by atoms with Gasteiger partial charge in [-0.1, -0.05) is 12.1 Å². The molecule has 146 valence electrons. The fourth-order valence-corrected chi connectivity index (χ4v) is 3.14. The fourth-order valence-electron chi connectivity index (χ4n) is 3.14. The van der Waals surface area contributed by atoms with Crippen molar-refractivity contribution in [1.29, 1.82) is 0 Å². The Morgan fingerprint density at radius 3 is 2.63 bits per heavy atom. The summed E-state index contributed by atoms with van der Waals surface area (Å²) >= 11 is 0. The molecule has 1 heterocycles. The molecule has 7 heteroatoms. The Morgan fingerprint density at radius 2 is 1.96 bits per heavy atom. The first-order chi connectivity index (χ1) is 12.7. The first-order valence-corrected chi connectivity index (χ1v) is 9.30. The Hall–Kier alpha value is -2.70. The summed E-state index contributed by atoms with van der Waals surface area (Å²) in [7, 11) is 0. The lowest BCUT2D eigenvalue weighted by molar-refractivity contribution is 0.0473. The molecule has 1 saturated carbocycles. The standard InChI is InChI=1S/C20H27N3O4/c1-5-26-18(24)16-9-12-7-6-8-15(17(12)23-16)21-13-10-14(11-13)22-19(25)27-20(2,3)4/h6-9,13-14,21,23H,5,10-11H2,1-4H3,(H,22,25). The Morgan fingerprint density at radius 1 is 1.22 bits per heavy atom. The van der Waals surface area contributed by atoms with Gasteiger partial charge in [0.1, 0.15) is 11.3 Å². The normalized spacial score (nSPS) is 19.3. The zero-order valence-electron chi connectivity index (χ0n) is 16.2. The lowest BCUT2D eigenvalue weighted by Crippen LogP contribution is -2.50. The van der Waals surface area contributed by atoms with Crippen LogP contribution in [0, 0.1) is 0 Å². The number of aromatic amines is 1. The number of carbonyl (C=O) groups excluding carboxylic acids is 2. The number of esters is 1. The van der Waals surface area contributed by atoms with Gasteiger partial charge in [-0.3, -0.25) is 0 Å². The van der Waals surface area contributed by atoms with E-state index in [1.807, 2.05) is 39.0 Å². The number of rotatable bonds is 5. The van der Waals surface area contributed by atoms with E-state index in [0.29, 0.717) is 12.3 Å². The van der Waals surface area contributed by atoms with Gasteiger partial charge in [0, 0.05) is 17.5 Å². The third kappa shape index (κ3) is 4.72. The molecule has 1 fully saturated rings. The number of H-pyrrole nitrogens is 1. The molecule has 1 aliphatic carbocycles. The van der Waals surface area contributed by atoms with E-state index < -0.39 is 5.60 Å². The van der Waals surface area contributed by atoms with Gasteiger partial charge in [0.2, 0.25) is 0 Å². The minimum atomic E-state index is -0.495. The highest BCUT2D eigenvalue weighted by Crippen LogP contribution is 2.29. The second-order valence-electron chi connectivity index (χ2n) is 7.83. The smallest absolute Gasteiger partial charge is 0.407 e. The van der Waals surface area contributed by atoms with E-state index in [0.717, 1.165) is 29.4 Å². The third-order valence-electron chi connectivity index (χ3n) is 4.37. The van der Waals surface area contributed by atoms with Crippen LogP contribution in [0.4, 0.5) is 10.5 Å². The van der Waals surface area contributed by atoms with Crippen LogP contribution in [0.1, 0.15) is 51.0 Å². The van der Waals surface area contributed by atoms with Gasteiger partial charge in [-0.2, -0.15) is 0 Å². The van der Waals surface area contributed by atoms with Crippen LogP contribution in [-0.4, -0.2) is 41.3 Å². The molecule has 0 spiro atoms. The average Bonchev–Trinajstić information content (AvgIpc) is 2.96. The third-order valence-corrected chi connectivity index (χ3v) is 4.37. The van der Waals surface area contributed by atoms with E-state index in [-0.39, 0.29) is 24.1 Å². The van der Waals surface area contributed by atoms with E-state index in [1.165, 1.54) is 0 Å². The maximum Gasteiger partial charge on any atom is 0.407 e. The molecule has 1 aromatic heterocycles. The Kier molecular flexibility index (Phi) is 5.30. The van der Waals surface area contributed by atoms with Crippen LogP contribution in [0.15, 0.2) is 24.3 Å². The lowest BCUT2D eigenvalue weighted by atomic mass is 9.86. The van der Waals surface area contributed by atoms with Crippen molar-refractivity contribution in [2.75, 3.05) is 11.9 Å². The number of fused-ring (bicyclic) bond motifs is 1. The van der Waals surface area contributed by atoms with E-state index in [9.17, 15) is 9.59 Å². The summed E-state index contributed by atoms with van der Waals surface area (Å²) in [5, 5.41) is 7.32. The van der Waals surface area contributed by atoms with E-state index in [1.54, 1.807) is 13.0 Å². The number of aromatic nitrogens is 1. The summed E-state index contributed by atoms with van der Waals surface area (Å²) in [5.41, 5.74) is 1.76. The van der Waals surface area contributed by atoms with Crippen molar-refractivity contribution in [3.8, 4) is 0 Å². The Balaban J connectivity index is 1.58. The summed E-state index contributed by atoms with van der Waals surface area (Å²) in [6.07, 6.45) is 1.26. The van der Waals surface area contributed by atoms with Crippen LogP contribution < -0.4 is 10.6 Å². The molecule has 1 amide bonds. The molecule has 2 aromatic rings. The van der Waals surface area contributed by atoms with Gasteiger partial charge in [0.05, 0.1) is 17.8 Å². The molecular formula is C20H27N3O4. The zero-order chi connectivity index (χ0) is 19.6. The number of anilines is 1. The van der Waals surface area contributed by atoms with Crippen LogP contribution in [0.2, 0.25) is 0 Å². The minimum absolute atomic E-state index is 0.107. The molecule has 3 N–H and O–H groups in total. The second-order valence-corrected chi connectivity index (χ2v) is 7.83. The van der Waals surface area contributed by atoms with Gasteiger partial charge in [0.15, 0.2) is 0 Å². The number of hydrogen-bond donors (Lipinski definition) is 3. The molecule has 1 aromatic carbocycles. The van der Waals surface area contributed by atoms with Crippen LogP contribution >= 0.6 is 0 Å². The number of benzene rings is 1. The topological polar surface area (TPSA) is 92.5 Å². The van der Waals surface area contributed by atoms with E-state index in [2.05, 4.69) is 15.6 Å². The molecule has 27 heavy (non-hydrogen) atoms. The summed E-state index contributed by atoms with van der Waals surface area (Å²) in [4.78, 5) is 26.9. The first kappa shape index (κ1) is 19.1. The molecule has 0 atom stereocenters. The van der Waals surface area contributed by atoms with Gasteiger partial charge in [0.25, 0.3) is 0 Å². The van der Waals surface area contributed by atoms with Crippen molar-refractivity contribution in [2.24, 2.45) is 0 Å². The summed E-state index contributed by atoms with van der Waals surface area (Å²) in [5.74, 6) is -0.357. The molecule has 0 aliphatic heterocycles. The largest absolute Gasteiger partial charge is 0.461 e. The van der Waals surface area contributed by atoms with Crippen molar-refractivity contribution in [3.63, 3.8) is 0 Å². The maximum atomic E-state index is 11.9. The molecule has 7 nitrogen and oxygen atoms in total. The van der Waals surface area contributed by atoms with Crippen LogP contribution in [0.3, 0.4) is 0 Å². The average molecular weight is 373 g/mol. The first-order valence-electron chi connectivity index (χ1n) is 9.30. The predicted octanol–water partition coefficient (Wildman–Crippen LogP) is 3.81. The monoisotopic (exact) mass is 373 g/mol. The van der Waals surface area contributed by atoms with Crippen LogP contribution in [0.5, 0.6) is 0 Å². The number of nitrogens with one attached hydrogen (secondary N) is 3. The molecule has 0 bridgehead atoms.